The zero-order chi connectivity index (χ0) is 13.1. The van der Waals surface area contributed by atoms with E-state index in [1.165, 1.54) is 30.4 Å². The molecule has 1 aromatic rings. The largest absolute Gasteiger partial charge is 0.307 e. The van der Waals surface area contributed by atoms with Gasteiger partial charge in [-0.1, -0.05) is 50.1 Å². The zero-order valence-corrected chi connectivity index (χ0v) is 12.2. The first kappa shape index (κ1) is 13.6. The molecule has 1 nitrogen and oxygen atoms in total. The molecule has 0 aromatic heterocycles. The van der Waals surface area contributed by atoms with E-state index in [2.05, 4.69) is 57.3 Å². The summed E-state index contributed by atoms with van der Waals surface area (Å²) in [6.45, 7) is 9.21. The van der Waals surface area contributed by atoms with E-state index in [4.69, 9.17) is 0 Å². The van der Waals surface area contributed by atoms with Crippen LogP contribution in [0.4, 0.5) is 0 Å². The van der Waals surface area contributed by atoms with E-state index in [9.17, 15) is 0 Å². The highest BCUT2D eigenvalue weighted by atomic mass is 15.0. The van der Waals surface area contributed by atoms with E-state index in [1.807, 2.05) is 0 Å². The molecule has 0 bridgehead atoms. The van der Waals surface area contributed by atoms with Crippen LogP contribution in [-0.4, -0.2) is 6.04 Å². The first-order chi connectivity index (χ1) is 8.56. The number of hydrogen-bond donors (Lipinski definition) is 1. The summed E-state index contributed by atoms with van der Waals surface area (Å²) in [6.07, 6.45) is 4.11. The fourth-order valence-corrected chi connectivity index (χ4v) is 3.04. The Balaban J connectivity index is 1.97. The van der Waals surface area contributed by atoms with Crippen molar-refractivity contribution in [2.45, 2.75) is 59.0 Å². The number of rotatable bonds is 3. The Hall–Kier alpha value is -0.820. The predicted octanol–water partition coefficient (Wildman–Crippen LogP) is 4.47. The average molecular weight is 245 g/mol. The third-order valence-corrected chi connectivity index (χ3v) is 4.50. The molecule has 0 amide bonds. The van der Waals surface area contributed by atoms with Crippen LogP contribution in [0, 0.1) is 18.8 Å². The van der Waals surface area contributed by atoms with Crippen molar-refractivity contribution < 1.29 is 0 Å². The van der Waals surface area contributed by atoms with E-state index in [1.54, 1.807) is 0 Å². The first-order valence-electron chi connectivity index (χ1n) is 7.39. The molecule has 18 heavy (non-hydrogen) atoms. The molecule has 100 valence electrons. The molecule has 1 aromatic carbocycles. The second-order valence-corrected chi connectivity index (χ2v) is 6.30. The Kier molecular flexibility index (Phi) is 4.45. The molecule has 0 spiro atoms. The van der Waals surface area contributed by atoms with Crippen molar-refractivity contribution in [3.05, 3.63) is 35.4 Å². The molecule has 1 N–H and O–H groups in total. The third-order valence-electron chi connectivity index (χ3n) is 4.50. The molecule has 3 unspecified atom stereocenters. The van der Waals surface area contributed by atoms with Crippen LogP contribution in [0.2, 0.25) is 0 Å². The lowest BCUT2D eigenvalue weighted by atomic mass is 9.79. The van der Waals surface area contributed by atoms with Gasteiger partial charge in [-0.25, -0.2) is 0 Å². The lowest BCUT2D eigenvalue weighted by molar-refractivity contribution is 0.216. The molecule has 1 heteroatoms. The van der Waals surface area contributed by atoms with Crippen molar-refractivity contribution in [1.29, 1.82) is 0 Å². The van der Waals surface area contributed by atoms with Gasteiger partial charge in [0.25, 0.3) is 0 Å². The van der Waals surface area contributed by atoms with Crippen molar-refractivity contribution in [1.82, 2.24) is 5.32 Å². The molecule has 0 saturated heterocycles. The third kappa shape index (κ3) is 3.35. The Morgan fingerprint density at radius 2 is 1.78 bits per heavy atom. The molecule has 1 saturated carbocycles. The standard InChI is InChI=1S/C17H27N/c1-12-6-9-16(10-7-12)15(4)18-17-11-13(2)5-8-14(17)3/h6-7,9-10,13-15,17-18H,5,8,11H2,1-4H3/t13?,14?,15-,17?/m0/s1. The van der Waals surface area contributed by atoms with Gasteiger partial charge in [-0.3, -0.25) is 0 Å². The van der Waals surface area contributed by atoms with E-state index in [0.717, 1.165) is 11.8 Å². The molecular weight excluding hydrogens is 218 g/mol. The van der Waals surface area contributed by atoms with Gasteiger partial charge >= 0.3 is 0 Å². The van der Waals surface area contributed by atoms with Gasteiger partial charge in [-0.15, -0.1) is 0 Å². The topological polar surface area (TPSA) is 12.0 Å². The van der Waals surface area contributed by atoms with Crippen LogP contribution >= 0.6 is 0 Å². The predicted molar refractivity (Wildman–Crippen MR) is 78.7 cm³/mol. The monoisotopic (exact) mass is 245 g/mol. The number of hydrogen-bond acceptors (Lipinski definition) is 1. The molecule has 0 aliphatic heterocycles. The quantitative estimate of drug-likeness (QED) is 0.828. The molecule has 1 aliphatic carbocycles. The molecule has 0 heterocycles. The van der Waals surface area contributed by atoms with Crippen molar-refractivity contribution in [3.8, 4) is 0 Å². The van der Waals surface area contributed by atoms with Crippen LogP contribution in [0.25, 0.3) is 0 Å². The molecule has 4 atom stereocenters. The molecule has 2 rings (SSSR count). The summed E-state index contributed by atoms with van der Waals surface area (Å²) in [7, 11) is 0. The van der Waals surface area contributed by atoms with Crippen molar-refractivity contribution in [3.63, 3.8) is 0 Å². The maximum absolute atomic E-state index is 3.83. The maximum atomic E-state index is 3.83. The van der Waals surface area contributed by atoms with Crippen molar-refractivity contribution in [2.24, 2.45) is 11.8 Å². The summed E-state index contributed by atoms with van der Waals surface area (Å²) < 4.78 is 0. The van der Waals surface area contributed by atoms with Crippen LogP contribution in [0.1, 0.15) is 57.2 Å². The Labute approximate surface area is 112 Å². The van der Waals surface area contributed by atoms with Gasteiger partial charge in [0.05, 0.1) is 0 Å². The fourth-order valence-electron chi connectivity index (χ4n) is 3.04. The minimum absolute atomic E-state index is 0.461. The van der Waals surface area contributed by atoms with Gasteiger partial charge in [0, 0.05) is 12.1 Å². The zero-order valence-electron chi connectivity index (χ0n) is 12.2. The van der Waals surface area contributed by atoms with Crippen molar-refractivity contribution >= 4 is 0 Å². The van der Waals surface area contributed by atoms with Crippen LogP contribution in [-0.2, 0) is 0 Å². The highest BCUT2D eigenvalue weighted by Gasteiger charge is 2.26. The van der Waals surface area contributed by atoms with E-state index >= 15 is 0 Å². The van der Waals surface area contributed by atoms with E-state index in [0.29, 0.717) is 12.1 Å². The summed E-state index contributed by atoms with van der Waals surface area (Å²) in [5.41, 5.74) is 2.75. The summed E-state index contributed by atoms with van der Waals surface area (Å²) in [6, 6.07) is 10.1. The Morgan fingerprint density at radius 3 is 2.44 bits per heavy atom. The fraction of sp³-hybridized carbons (Fsp3) is 0.647. The van der Waals surface area contributed by atoms with Gasteiger partial charge < -0.3 is 5.32 Å². The highest BCUT2D eigenvalue weighted by Crippen LogP contribution is 2.30. The minimum Gasteiger partial charge on any atom is -0.307 e. The SMILES string of the molecule is Cc1ccc([C@H](C)NC2CC(C)CCC2C)cc1. The smallest absolute Gasteiger partial charge is 0.0294 e. The number of aryl methyl sites for hydroxylation is 1. The average Bonchev–Trinajstić information content (AvgIpc) is 2.34. The molecule has 0 radical (unpaired) electrons. The van der Waals surface area contributed by atoms with E-state index < -0.39 is 0 Å². The van der Waals surface area contributed by atoms with Crippen LogP contribution < -0.4 is 5.32 Å². The second kappa shape index (κ2) is 5.88. The minimum atomic E-state index is 0.461. The number of nitrogens with one attached hydrogen (secondary N) is 1. The highest BCUT2D eigenvalue weighted by molar-refractivity contribution is 5.23. The van der Waals surface area contributed by atoms with Gasteiger partial charge in [0.2, 0.25) is 0 Å². The van der Waals surface area contributed by atoms with Crippen LogP contribution in [0.5, 0.6) is 0 Å². The molecule has 1 aliphatic rings. The van der Waals surface area contributed by atoms with Gasteiger partial charge in [0.15, 0.2) is 0 Å². The van der Waals surface area contributed by atoms with Gasteiger partial charge in [-0.2, -0.15) is 0 Å². The second-order valence-electron chi connectivity index (χ2n) is 6.30. The Bertz CT molecular complexity index is 368. The van der Waals surface area contributed by atoms with Crippen LogP contribution in [0.3, 0.4) is 0 Å². The van der Waals surface area contributed by atoms with Crippen LogP contribution in [0.15, 0.2) is 24.3 Å². The Morgan fingerprint density at radius 1 is 1.11 bits per heavy atom. The summed E-state index contributed by atoms with van der Waals surface area (Å²) in [4.78, 5) is 0. The lowest BCUT2D eigenvalue weighted by Gasteiger charge is -2.35. The summed E-state index contributed by atoms with van der Waals surface area (Å²) >= 11 is 0. The summed E-state index contributed by atoms with van der Waals surface area (Å²) in [5, 5.41) is 3.83. The van der Waals surface area contributed by atoms with Gasteiger partial charge in [0.1, 0.15) is 0 Å². The normalized spacial score (nSPS) is 30.1. The summed E-state index contributed by atoms with van der Waals surface area (Å²) in [5.74, 6) is 1.69. The first-order valence-corrected chi connectivity index (χ1v) is 7.39. The van der Waals surface area contributed by atoms with Crippen molar-refractivity contribution in [2.75, 3.05) is 0 Å². The van der Waals surface area contributed by atoms with Gasteiger partial charge in [-0.05, 0) is 44.1 Å². The maximum Gasteiger partial charge on any atom is 0.0294 e. The van der Waals surface area contributed by atoms with E-state index in [-0.39, 0.29) is 0 Å². The lowest BCUT2D eigenvalue weighted by Crippen LogP contribution is -2.40. The number of benzene rings is 1. The molecule has 1 fully saturated rings. The molecular formula is C17H27N.